The predicted molar refractivity (Wildman–Crippen MR) is 82.2 cm³/mol. The van der Waals surface area contributed by atoms with Crippen LogP contribution in [0.25, 0.3) is 0 Å². The highest BCUT2D eigenvalue weighted by atomic mass is 16.5. The molecule has 0 aliphatic heterocycles. The molecule has 1 N–H and O–H groups in total. The maximum absolute atomic E-state index is 6.09. The van der Waals surface area contributed by atoms with Crippen molar-refractivity contribution >= 4 is 0 Å². The van der Waals surface area contributed by atoms with Crippen molar-refractivity contribution < 1.29 is 9.47 Å². The van der Waals surface area contributed by atoms with E-state index in [9.17, 15) is 0 Å². The van der Waals surface area contributed by atoms with Gasteiger partial charge in [0.15, 0.2) is 0 Å². The second kappa shape index (κ2) is 7.65. The number of aryl methyl sites for hydroxylation is 1. The van der Waals surface area contributed by atoms with Gasteiger partial charge in [0.1, 0.15) is 5.75 Å². The first-order chi connectivity index (χ1) is 9.72. The highest BCUT2D eigenvalue weighted by Crippen LogP contribution is 2.25. The van der Waals surface area contributed by atoms with Crippen LogP contribution in [0.2, 0.25) is 0 Å². The number of nitrogens with one attached hydrogen (secondary N) is 1. The van der Waals surface area contributed by atoms with Crippen molar-refractivity contribution in [3.05, 3.63) is 29.3 Å². The highest BCUT2D eigenvalue weighted by Gasteiger charge is 2.21. The van der Waals surface area contributed by atoms with Crippen molar-refractivity contribution in [2.24, 2.45) is 0 Å². The molecule has 0 amide bonds. The normalized spacial score (nSPS) is 22.8. The summed E-state index contributed by atoms with van der Waals surface area (Å²) in [6.07, 6.45) is 5.17. The minimum atomic E-state index is 0.398. The molecule has 2 rings (SSSR count). The standard InChI is InChI=1S/C17H27NO2/c1-4-18-15-6-8-16(9-7-15)20-12-14-11-13(2)5-10-17(14)19-3/h5,10-11,15-16,18H,4,6-9,12H2,1-3H3. The summed E-state index contributed by atoms with van der Waals surface area (Å²) >= 11 is 0. The van der Waals surface area contributed by atoms with E-state index < -0.39 is 0 Å². The van der Waals surface area contributed by atoms with Gasteiger partial charge in [0.2, 0.25) is 0 Å². The Bertz CT molecular complexity index is 411. The van der Waals surface area contributed by atoms with Crippen LogP contribution in [-0.2, 0) is 11.3 Å². The molecule has 0 heterocycles. The van der Waals surface area contributed by atoms with Crippen LogP contribution in [0.5, 0.6) is 5.75 Å². The largest absolute Gasteiger partial charge is 0.496 e. The quantitative estimate of drug-likeness (QED) is 0.864. The Balaban J connectivity index is 1.83. The van der Waals surface area contributed by atoms with Crippen molar-refractivity contribution in [3.8, 4) is 5.75 Å². The zero-order valence-corrected chi connectivity index (χ0v) is 12.9. The molecule has 0 bridgehead atoms. The fourth-order valence-corrected chi connectivity index (χ4v) is 2.95. The minimum absolute atomic E-state index is 0.398. The summed E-state index contributed by atoms with van der Waals surface area (Å²) in [5, 5.41) is 3.53. The molecule has 0 radical (unpaired) electrons. The zero-order chi connectivity index (χ0) is 14.4. The van der Waals surface area contributed by atoms with Crippen LogP contribution in [-0.4, -0.2) is 25.8 Å². The summed E-state index contributed by atoms with van der Waals surface area (Å²) in [5.41, 5.74) is 2.40. The number of ether oxygens (including phenoxy) is 2. The summed E-state index contributed by atoms with van der Waals surface area (Å²) in [6.45, 7) is 6.00. The molecule has 0 unspecified atom stereocenters. The third-order valence-corrected chi connectivity index (χ3v) is 4.08. The van der Waals surface area contributed by atoms with Crippen LogP contribution >= 0.6 is 0 Å². The van der Waals surface area contributed by atoms with E-state index >= 15 is 0 Å². The predicted octanol–water partition coefficient (Wildman–Crippen LogP) is 3.44. The highest BCUT2D eigenvalue weighted by molar-refractivity contribution is 5.36. The van der Waals surface area contributed by atoms with Gasteiger partial charge in [-0.3, -0.25) is 0 Å². The van der Waals surface area contributed by atoms with E-state index in [4.69, 9.17) is 9.47 Å². The van der Waals surface area contributed by atoms with Gasteiger partial charge in [0, 0.05) is 11.6 Å². The Morgan fingerprint density at radius 3 is 2.60 bits per heavy atom. The minimum Gasteiger partial charge on any atom is -0.496 e. The topological polar surface area (TPSA) is 30.5 Å². The first kappa shape index (κ1) is 15.3. The van der Waals surface area contributed by atoms with E-state index in [1.807, 2.05) is 6.07 Å². The summed E-state index contributed by atoms with van der Waals surface area (Å²) < 4.78 is 11.5. The molecule has 1 aromatic rings. The van der Waals surface area contributed by atoms with Crippen molar-refractivity contribution in [2.75, 3.05) is 13.7 Å². The Morgan fingerprint density at radius 2 is 1.95 bits per heavy atom. The van der Waals surface area contributed by atoms with E-state index in [0.717, 1.165) is 30.7 Å². The van der Waals surface area contributed by atoms with Gasteiger partial charge in [-0.05, 0) is 45.2 Å². The lowest BCUT2D eigenvalue weighted by Crippen LogP contribution is -2.35. The molecule has 112 valence electrons. The van der Waals surface area contributed by atoms with Crippen molar-refractivity contribution in [1.82, 2.24) is 5.32 Å². The first-order valence-electron chi connectivity index (χ1n) is 7.71. The molecule has 0 saturated heterocycles. The summed E-state index contributed by atoms with van der Waals surface area (Å²) in [5.74, 6) is 0.928. The van der Waals surface area contributed by atoms with Gasteiger partial charge in [-0.2, -0.15) is 0 Å². The number of hydrogen-bond donors (Lipinski definition) is 1. The molecule has 1 aromatic carbocycles. The number of rotatable bonds is 6. The summed E-state index contributed by atoms with van der Waals surface area (Å²) in [4.78, 5) is 0. The second-order valence-corrected chi connectivity index (χ2v) is 5.66. The van der Waals surface area contributed by atoms with Crippen molar-refractivity contribution in [3.63, 3.8) is 0 Å². The molecule has 20 heavy (non-hydrogen) atoms. The SMILES string of the molecule is CCNC1CCC(OCc2cc(C)ccc2OC)CC1. The molecule has 1 aliphatic rings. The molecule has 3 nitrogen and oxygen atoms in total. The van der Waals surface area contributed by atoms with E-state index in [1.165, 1.54) is 18.4 Å². The van der Waals surface area contributed by atoms with Crippen LogP contribution in [0.15, 0.2) is 18.2 Å². The van der Waals surface area contributed by atoms with Gasteiger partial charge in [-0.15, -0.1) is 0 Å². The summed E-state index contributed by atoms with van der Waals surface area (Å²) in [6, 6.07) is 6.94. The van der Waals surface area contributed by atoms with Gasteiger partial charge in [-0.25, -0.2) is 0 Å². The number of benzene rings is 1. The monoisotopic (exact) mass is 277 g/mol. The lowest BCUT2D eigenvalue weighted by atomic mass is 9.93. The Labute approximate surface area is 122 Å². The van der Waals surface area contributed by atoms with Gasteiger partial charge in [-0.1, -0.05) is 24.6 Å². The lowest BCUT2D eigenvalue weighted by Gasteiger charge is -2.29. The molecular formula is C17H27NO2. The van der Waals surface area contributed by atoms with Crippen LogP contribution in [0.1, 0.15) is 43.7 Å². The van der Waals surface area contributed by atoms with Crippen molar-refractivity contribution in [1.29, 1.82) is 0 Å². The van der Waals surface area contributed by atoms with Gasteiger partial charge >= 0.3 is 0 Å². The number of hydrogen-bond acceptors (Lipinski definition) is 3. The zero-order valence-electron chi connectivity index (χ0n) is 12.9. The smallest absolute Gasteiger partial charge is 0.124 e. The van der Waals surface area contributed by atoms with Crippen LogP contribution in [0.4, 0.5) is 0 Å². The maximum atomic E-state index is 6.09. The number of methoxy groups -OCH3 is 1. The second-order valence-electron chi connectivity index (χ2n) is 5.66. The maximum Gasteiger partial charge on any atom is 0.124 e. The third-order valence-electron chi connectivity index (χ3n) is 4.08. The summed E-state index contributed by atoms with van der Waals surface area (Å²) in [7, 11) is 1.72. The van der Waals surface area contributed by atoms with Crippen LogP contribution < -0.4 is 10.1 Å². The Kier molecular flexibility index (Phi) is 5.86. The van der Waals surface area contributed by atoms with Gasteiger partial charge in [0.05, 0.1) is 19.8 Å². The molecule has 1 saturated carbocycles. The van der Waals surface area contributed by atoms with Gasteiger partial charge < -0.3 is 14.8 Å². The van der Waals surface area contributed by atoms with E-state index in [0.29, 0.717) is 18.8 Å². The average Bonchev–Trinajstić information content (AvgIpc) is 2.47. The average molecular weight is 277 g/mol. The lowest BCUT2D eigenvalue weighted by molar-refractivity contribution is 0.0107. The molecule has 0 spiro atoms. The van der Waals surface area contributed by atoms with Crippen molar-refractivity contribution in [2.45, 2.75) is 58.3 Å². The van der Waals surface area contributed by atoms with E-state index in [-0.39, 0.29) is 0 Å². The molecular weight excluding hydrogens is 250 g/mol. The Morgan fingerprint density at radius 1 is 1.20 bits per heavy atom. The van der Waals surface area contributed by atoms with Crippen LogP contribution in [0, 0.1) is 6.92 Å². The Hall–Kier alpha value is -1.06. The fraction of sp³-hybridized carbons (Fsp3) is 0.647. The first-order valence-corrected chi connectivity index (χ1v) is 7.71. The molecule has 1 aliphatic carbocycles. The molecule has 0 atom stereocenters. The van der Waals surface area contributed by atoms with E-state index in [2.05, 4.69) is 31.3 Å². The van der Waals surface area contributed by atoms with Crippen LogP contribution in [0.3, 0.4) is 0 Å². The molecule has 3 heteroatoms. The fourth-order valence-electron chi connectivity index (χ4n) is 2.95. The van der Waals surface area contributed by atoms with E-state index in [1.54, 1.807) is 7.11 Å². The van der Waals surface area contributed by atoms with Gasteiger partial charge in [0.25, 0.3) is 0 Å². The molecule has 1 fully saturated rings. The third kappa shape index (κ3) is 4.22. The molecule has 0 aromatic heterocycles.